The fraction of sp³-hybridized carbons (Fsp3) is 0.400. The van der Waals surface area contributed by atoms with Gasteiger partial charge in [0.2, 0.25) is 0 Å². The van der Waals surface area contributed by atoms with Crippen LogP contribution in [0.4, 0.5) is 0 Å². The minimum atomic E-state index is 0.0537. The third-order valence-electron chi connectivity index (χ3n) is 5.58. The fourth-order valence-electron chi connectivity index (χ4n) is 3.84. The molecule has 0 aromatic carbocycles. The number of hydrogen-bond donors (Lipinski definition) is 1. The van der Waals surface area contributed by atoms with E-state index in [9.17, 15) is 4.79 Å². The smallest absolute Gasteiger partial charge is 0.257 e. The Hall–Kier alpha value is -2.76. The van der Waals surface area contributed by atoms with Gasteiger partial charge in [-0.2, -0.15) is 5.10 Å². The Morgan fingerprint density at radius 1 is 1.08 bits per heavy atom. The molecule has 2 aliphatic rings. The third kappa shape index (κ3) is 2.85. The maximum Gasteiger partial charge on any atom is 0.257 e. The van der Waals surface area contributed by atoms with E-state index in [1.807, 2.05) is 11.1 Å². The Morgan fingerprint density at radius 2 is 1.92 bits per heavy atom. The van der Waals surface area contributed by atoms with Gasteiger partial charge in [-0.25, -0.2) is 9.97 Å². The normalized spacial score (nSPS) is 18.4. The van der Waals surface area contributed by atoms with Crippen molar-refractivity contribution in [1.82, 2.24) is 25.1 Å². The van der Waals surface area contributed by atoms with Crippen LogP contribution in [0.3, 0.4) is 0 Å². The van der Waals surface area contributed by atoms with E-state index >= 15 is 0 Å². The van der Waals surface area contributed by atoms with E-state index in [0.29, 0.717) is 17.4 Å². The van der Waals surface area contributed by atoms with Gasteiger partial charge in [0, 0.05) is 42.5 Å². The molecule has 0 atom stereocenters. The van der Waals surface area contributed by atoms with Crippen LogP contribution in [0.15, 0.2) is 36.8 Å². The van der Waals surface area contributed by atoms with E-state index in [1.54, 1.807) is 12.4 Å². The molecule has 3 aromatic rings. The topological polar surface area (TPSA) is 74.8 Å². The number of amides is 1. The van der Waals surface area contributed by atoms with Gasteiger partial charge in [-0.15, -0.1) is 0 Å². The minimum Gasteiger partial charge on any atom is -0.339 e. The molecule has 0 spiro atoms. The van der Waals surface area contributed by atoms with Crippen molar-refractivity contribution >= 4 is 16.9 Å². The Bertz CT molecular complexity index is 940. The third-order valence-corrected chi connectivity index (χ3v) is 5.58. The number of aromatic nitrogens is 4. The number of H-pyrrole nitrogens is 1. The van der Waals surface area contributed by atoms with Crippen molar-refractivity contribution < 1.29 is 4.79 Å². The summed E-state index contributed by atoms with van der Waals surface area (Å²) in [6.45, 7) is 1.50. The lowest BCUT2D eigenvalue weighted by Gasteiger charge is -2.31. The second-order valence-electron chi connectivity index (χ2n) is 7.38. The maximum absolute atomic E-state index is 12.4. The molecule has 132 valence electrons. The largest absolute Gasteiger partial charge is 0.339 e. The Morgan fingerprint density at radius 3 is 2.65 bits per heavy atom. The first-order valence-corrected chi connectivity index (χ1v) is 9.32. The Kier molecular flexibility index (Phi) is 3.69. The molecule has 0 radical (unpaired) electrons. The van der Waals surface area contributed by atoms with Gasteiger partial charge >= 0.3 is 0 Å². The summed E-state index contributed by atoms with van der Waals surface area (Å²) in [7, 11) is 0. The summed E-state index contributed by atoms with van der Waals surface area (Å²) in [5.74, 6) is 1.15. The SMILES string of the molecule is O=C(c1cn[nH]c1)N1CCC(c2ccc3cc(C4CC4)cnc3n2)CC1. The first kappa shape index (κ1) is 15.5. The van der Waals surface area contributed by atoms with Crippen LogP contribution in [0.2, 0.25) is 0 Å². The Balaban J connectivity index is 1.30. The molecule has 1 aliphatic carbocycles. The molecule has 6 heteroatoms. The molecule has 1 amide bonds. The van der Waals surface area contributed by atoms with Crippen LogP contribution in [-0.4, -0.2) is 44.1 Å². The zero-order valence-corrected chi connectivity index (χ0v) is 14.6. The van der Waals surface area contributed by atoms with Gasteiger partial charge in [0.1, 0.15) is 0 Å². The van der Waals surface area contributed by atoms with Crippen LogP contribution in [0, 0.1) is 0 Å². The molecule has 0 bridgehead atoms. The summed E-state index contributed by atoms with van der Waals surface area (Å²) in [6.07, 6.45) is 9.67. The van der Waals surface area contributed by atoms with Crippen LogP contribution < -0.4 is 0 Å². The van der Waals surface area contributed by atoms with Crippen LogP contribution in [0.1, 0.15) is 59.1 Å². The number of nitrogens with one attached hydrogen (secondary N) is 1. The average molecular weight is 347 g/mol. The number of pyridine rings is 2. The molecular weight excluding hydrogens is 326 g/mol. The van der Waals surface area contributed by atoms with Crippen molar-refractivity contribution in [2.24, 2.45) is 0 Å². The van der Waals surface area contributed by atoms with E-state index in [0.717, 1.165) is 42.7 Å². The number of nitrogens with zero attached hydrogens (tertiary/aromatic N) is 4. The summed E-state index contributed by atoms with van der Waals surface area (Å²) in [4.78, 5) is 23.7. The molecule has 4 heterocycles. The maximum atomic E-state index is 12.4. The molecule has 1 saturated carbocycles. The van der Waals surface area contributed by atoms with Gasteiger partial charge in [0.15, 0.2) is 5.65 Å². The lowest BCUT2D eigenvalue weighted by molar-refractivity contribution is 0.0712. The van der Waals surface area contributed by atoms with Crippen molar-refractivity contribution in [3.05, 3.63) is 53.6 Å². The minimum absolute atomic E-state index is 0.0537. The zero-order valence-electron chi connectivity index (χ0n) is 14.6. The summed E-state index contributed by atoms with van der Waals surface area (Å²) in [5.41, 5.74) is 3.91. The van der Waals surface area contributed by atoms with Crippen molar-refractivity contribution in [3.63, 3.8) is 0 Å². The van der Waals surface area contributed by atoms with Gasteiger partial charge in [-0.05, 0) is 55.4 Å². The monoisotopic (exact) mass is 347 g/mol. The van der Waals surface area contributed by atoms with Crippen LogP contribution >= 0.6 is 0 Å². The summed E-state index contributed by atoms with van der Waals surface area (Å²) >= 11 is 0. The first-order chi connectivity index (χ1) is 12.8. The van der Waals surface area contributed by atoms with Crippen molar-refractivity contribution in [2.75, 3.05) is 13.1 Å². The number of hydrogen-bond acceptors (Lipinski definition) is 4. The highest BCUT2D eigenvalue weighted by molar-refractivity contribution is 5.93. The van der Waals surface area contributed by atoms with Crippen molar-refractivity contribution in [2.45, 2.75) is 37.5 Å². The zero-order chi connectivity index (χ0) is 17.5. The van der Waals surface area contributed by atoms with Gasteiger partial charge in [-0.1, -0.05) is 0 Å². The molecular formula is C20H21N5O. The lowest BCUT2D eigenvalue weighted by atomic mass is 9.92. The average Bonchev–Trinajstić information content (AvgIpc) is 3.41. The fourth-order valence-corrected chi connectivity index (χ4v) is 3.84. The number of fused-ring (bicyclic) bond motifs is 1. The number of carbonyl (C=O) groups is 1. The molecule has 1 saturated heterocycles. The number of aromatic amines is 1. The van der Waals surface area contributed by atoms with Gasteiger partial charge < -0.3 is 4.90 Å². The summed E-state index contributed by atoms with van der Waals surface area (Å²) < 4.78 is 0. The van der Waals surface area contributed by atoms with E-state index in [1.165, 1.54) is 18.4 Å². The van der Waals surface area contributed by atoms with Crippen LogP contribution in [-0.2, 0) is 0 Å². The predicted octanol–water partition coefficient (Wildman–Crippen LogP) is 3.25. The first-order valence-electron chi connectivity index (χ1n) is 9.32. The molecule has 1 aliphatic heterocycles. The number of piperidine rings is 1. The van der Waals surface area contributed by atoms with Crippen LogP contribution in [0.25, 0.3) is 11.0 Å². The van der Waals surface area contributed by atoms with E-state index in [-0.39, 0.29) is 5.91 Å². The van der Waals surface area contributed by atoms with Gasteiger partial charge in [0.05, 0.1) is 11.8 Å². The van der Waals surface area contributed by atoms with E-state index < -0.39 is 0 Å². The van der Waals surface area contributed by atoms with Crippen molar-refractivity contribution in [1.29, 1.82) is 0 Å². The van der Waals surface area contributed by atoms with E-state index in [2.05, 4.69) is 33.4 Å². The molecule has 0 unspecified atom stereocenters. The summed E-state index contributed by atoms with van der Waals surface area (Å²) in [5, 5.41) is 7.69. The van der Waals surface area contributed by atoms with Crippen molar-refractivity contribution in [3.8, 4) is 0 Å². The van der Waals surface area contributed by atoms with E-state index in [4.69, 9.17) is 4.98 Å². The second-order valence-corrected chi connectivity index (χ2v) is 7.38. The molecule has 26 heavy (non-hydrogen) atoms. The number of carbonyl (C=O) groups excluding carboxylic acids is 1. The highest BCUT2D eigenvalue weighted by atomic mass is 16.2. The molecule has 6 nitrogen and oxygen atoms in total. The van der Waals surface area contributed by atoms with Gasteiger partial charge in [-0.3, -0.25) is 9.89 Å². The Labute approximate surface area is 151 Å². The number of likely N-dealkylation sites (tertiary alicyclic amines) is 1. The molecule has 5 rings (SSSR count). The van der Waals surface area contributed by atoms with Gasteiger partial charge in [0.25, 0.3) is 5.91 Å². The quantitative estimate of drug-likeness (QED) is 0.789. The molecule has 3 aromatic heterocycles. The standard InChI is InChI=1S/C20H21N5O/c26-20(17-11-22-23-12-17)25-7-5-14(6-8-25)18-4-3-15-9-16(13-1-2-13)10-21-19(15)24-18/h3-4,9-14H,1-2,5-8H2,(H,22,23). The highest BCUT2D eigenvalue weighted by Crippen LogP contribution is 2.40. The number of rotatable bonds is 3. The van der Waals surface area contributed by atoms with Crippen LogP contribution in [0.5, 0.6) is 0 Å². The molecule has 1 N–H and O–H groups in total. The predicted molar refractivity (Wildman–Crippen MR) is 98.0 cm³/mol. The lowest BCUT2D eigenvalue weighted by Crippen LogP contribution is -2.37. The molecule has 2 fully saturated rings. The second kappa shape index (κ2) is 6.20. The highest BCUT2D eigenvalue weighted by Gasteiger charge is 2.26. The summed E-state index contributed by atoms with van der Waals surface area (Å²) in [6, 6.07) is 6.53.